The van der Waals surface area contributed by atoms with Crippen LogP contribution >= 0.6 is 0 Å². The maximum absolute atomic E-state index is 12.7. The van der Waals surface area contributed by atoms with E-state index in [1.165, 1.54) is 19.3 Å². The average molecular weight is 412 g/mol. The molecule has 2 nitrogen and oxygen atoms in total. The Labute approximate surface area is 175 Å². The number of aromatic amines is 1. The third-order valence-electron chi connectivity index (χ3n) is 6.33. The summed E-state index contributed by atoms with van der Waals surface area (Å²) in [6, 6.07) is 11.7. The van der Waals surface area contributed by atoms with Gasteiger partial charge >= 0.3 is 6.18 Å². The van der Waals surface area contributed by atoms with Crippen molar-refractivity contribution >= 4 is 16.6 Å². The van der Waals surface area contributed by atoms with Gasteiger partial charge in [-0.2, -0.15) is 13.2 Å². The topological polar surface area (TPSA) is 27.8 Å². The fourth-order valence-electron chi connectivity index (χ4n) is 4.20. The normalized spacial score (nSPS) is 18.9. The molecule has 0 spiro atoms. The number of aromatic nitrogens is 1. The van der Waals surface area contributed by atoms with Crippen molar-refractivity contribution in [2.24, 2.45) is 11.8 Å². The lowest BCUT2D eigenvalue weighted by Gasteiger charge is -2.36. The van der Waals surface area contributed by atoms with E-state index in [2.05, 4.69) is 42.0 Å². The van der Waals surface area contributed by atoms with Gasteiger partial charge in [0, 0.05) is 22.8 Å². The van der Waals surface area contributed by atoms with Gasteiger partial charge in [-0.25, -0.2) is 0 Å². The van der Waals surface area contributed by atoms with Crippen molar-refractivity contribution in [2.45, 2.75) is 45.2 Å². The number of hydrogen-bond donors (Lipinski definition) is 2. The predicted octanol–water partition coefficient (Wildman–Crippen LogP) is 7.33. The Morgan fingerprint density at radius 2 is 1.73 bits per heavy atom. The Bertz CT molecular complexity index is 1020. The van der Waals surface area contributed by atoms with Crippen molar-refractivity contribution < 1.29 is 13.2 Å². The van der Waals surface area contributed by atoms with Crippen LogP contribution in [0.25, 0.3) is 10.9 Å². The van der Waals surface area contributed by atoms with Crippen LogP contribution in [-0.4, -0.2) is 4.98 Å². The average Bonchev–Trinajstić information content (AvgIpc) is 3.07. The fraction of sp³-hybridized carbons (Fsp3) is 0.360. The maximum Gasteiger partial charge on any atom is 0.416 e. The van der Waals surface area contributed by atoms with E-state index >= 15 is 0 Å². The second-order valence-corrected chi connectivity index (χ2v) is 8.37. The summed E-state index contributed by atoms with van der Waals surface area (Å²) in [5, 5.41) is 4.62. The molecule has 0 unspecified atom stereocenters. The highest BCUT2D eigenvalue weighted by molar-refractivity contribution is 5.93. The lowest BCUT2D eigenvalue weighted by Crippen LogP contribution is -2.27. The van der Waals surface area contributed by atoms with E-state index in [1.54, 1.807) is 12.1 Å². The summed E-state index contributed by atoms with van der Waals surface area (Å²) < 4.78 is 38.1. The third-order valence-corrected chi connectivity index (χ3v) is 6.33. The van der Waals surface area contributed by atoms with Crippen LogP contribution in [0, 0.1) is 11.8 Å². The molecular formula is C25H27F3N2. The lowest BCUT2D eigenvalue weighted by atomic mass is 9.72. The first kappa shape index (κ1) is 20.6. The Kier molecular flexibility index (Phi) is 5.63. The van der Waals surface area contributed by atoms with Gasteiger partial charge in [0.1, 0.15) is 0 Å². The molecule has 1 heterocycles. The number of H-pyrrole nitrogens is 1. The standard InChI is InChI=1S/C25H27F3N2/c1-3-17-12-20(13-17)16(2)30-24-15-29-23-11-8-19(14-22(23)24)5-4-18-6-9-21(10-7-18)25(26,27)28/h6-11,14-15,17,20,29-30H,2-5,12-13H2,1H3. The highest BCUT2D eigenvalue weighted by atomic mass is 19.4. The molecule has 1 aliphatic rings. The second-order valence-electron chi connectivity index (χ2n) is 8.37. The molecule has 2 N–H and O–H groups in total. The van der Waals surface area contributed by atoms with Crippen LogP contribution in [0.4, 0.5) is 18.9 Å². The van der Waals surface area contributed by atoms with Crippen molar-refractivity contribution in [3.8, 4) is 0 Å². The number of benzene rings is 2. The minimum Gasteiger partial charge on any atom is -0.359 e. The molecule has 3 aromatic rings. The molecule has 1 aromatic heterocycles. The van der Waals surface area contributed by atoms with Crippen LogP contribution in [-0.2, 0) is 19.0 Å². The van der Waals surface area contributed by atoms with Crippen molar-refractivity contribution in [2.75, 3.05) is 5.32 Å². The van der Waals surface area contributed by atoms with E-state index < -0.39 is 11.7 Å². The number of alkyl halides is 3. The van der Waals surface area contributed by atoms with Crippen molar-refractivity contribution in [3.05, 3.63) is 77.6 Å². The SMILES string of the molecule is C=C(Nc1c[nH]c2ccc(CCc3ccc(C(F)(F)F)cc3)cc12)C1CC(CC)C1. The molecule has 1 aliphatic carbocycles. The van der Waals surface area contributed by atoms with E-state index in [0.29, 0.717) is 12.3 Å². The Hall–Kier alpha value is -2.69. The summed E-state index contributed by atoms with van der Waals surface area (Å²) >= 11 is 0. The van der Waals surface area contributed by atoms with Crippen molar-refractivity contribution in [1.82, 2.24) is 4.98 Å². The molecule has 1 saturated carbocycles. The van der Waals surface area contributed by atoms with Gasteiger partial charge in [0.25, 0.3) is 0 Å². The number of fused-ring (bicyclic) bond motifs is 1. The lowest BCUT2D eigenvalue weighted by molar-refractivity contribution is -0.137. The smallest absolute Gasteiger partial charge is 0.359 e. The van der Waals surface area contributed by atoms with E-state index in [-0.39, 0.29) is 0 Å². The van der Waals surface area contributed by atoms with Gasteiger partial charge in [-0.3, -0.25) is 0 Å². The minimum absolute atomic E-state index is 0.544. The van der Waals surface area contributed by atoms with Crippen LogP contribution in [0.5, 0.6) is 0 Å². The zero-order chi connectivity index (χ0) is 21.3. The van der Waals surface area contributed by atoms with Gasteiger partial charge in [0.15, 0.2) is 0 Å². The number of hydrogen-bond acceptors (Lipinski definition) is 1. The molecular weight excluding hydrogens is 385 g/mol. The van der Waals surface area contributed by atoms with Gasteiger partial charge in [-0.1, -0.05) is 38.1 Å². The molecule has 0 saturated heterocycles. The number of anilines is 1. The fourth-order valence-corrected chi connectivity index (χ4v) is 4.20. The molecule has 0 bridgehead atoms. The van der Waals surface area contributed by atoms with E-state index in [1.807, 2.05) is 6.20 Å². The minimum atomic E-state index is -4.29. The van der Waals surface area contributed by atoms with Gasteiger partial charge < -0.3 is 10.3 Å². The summed E-state index contributed by atoms with van der Waals surface area (Å²) in [6.45, 7) is 6.48. The van der Waals surface area contributed by atoms with E-state index in [4.69, 9.17) is 0 Å². The molecule has 4 rings (SSSR count). The summed E-state index contributed by atoms with van der Waals surface area (Å²) in [5.74, 6) is 1.37. The molecule has 0 radical (unpaired) electrons. The van der Waals surface area contributed by atoms with E-state index in [9.17, 15) is 13.2 Å². The first-order valence-electron chi connectivity index (χ1n) is 10.6. The quantitative estimate of drug-likeness (QED) is 0.418. The number of rotatable bonds is 7. The van der Waals surface area contributed by atoms with Crippen LogP contribution in [0.15, 0.2) is 60.9 Å². The van der Waals surface area contributed by atoms with Crippen molar-refractivity contribution in [3.63, 3.8) is 0 Å². The van der Waals surface area contributed by atoms with E-state index in [0.717, 1.165) is 57.9 Å². The Morgan fingerprint density at radius 1 is 1.07 bits per heavy atom. The molecule has 30 heavy (non-hydrogen) atoms. The van der Waals surface area contributed by atoms with Crippen molar-refractivity contribution in [1.29, 1.82) is 0 Å². The zero-order valence-electron chi connectivity index (χ0n) is 17.2. The highest BCUT2D eigenvalue weighted by Crippen LogP contribution is 2.40. The molecule has 158 valence electrons. The second kappa shape index (κ2) is 8.21. The van der Waals surface area contributed by atoms with Gasteiger partial charge in [0.05, 0.1) is 11.3 Å². The summed E-state index contributed by atoms with van der Waals surface area (Å²) in [5.41, 5.74) is 4.63. The molecule has 5 heteroatoms. The van der Waals surface area contributed by atoms with Crippen LogP contribution in [0.2, 0.25) is 0 Å². The van der Waals surface area contributed by atoms with Crippen LogP contribution in [0.3, 0.4) is 0 Å². The molecule has 1 fully saturated rings. The summed E-state index contributed by atoms with van der Waals surface area (Å²) in [7, 11) is 0. The summed E-state index contributed by atoms with van der Waals surface area (Å²) in [4.78, 5) is 3.30. The molecule has 2 aromatic carbocycles. The van der Waals surface area contributed by atoms with Gasteiger partial charge in [-0.05, 0) is 72.9 Å². The number of allylic oxidation sites excluding steroid dienone is 1. The highest BCUT2D eigenvalue weighted by Gasteiger charge is 2.30. The van der Waals surface area contributed by atoms with Gasteiger partial charge in [0.2, 0.25) is 0 Å². The maximum atomic E-state index is 12.7. The molecule has 0 amide bonds. The Morgan fingerprint density at radius 3 is 2.40 bits per heavy atom. The predicted molar refractivity (Wildman–Crippen MR) is 116 cm³/mol. The number of nitrogens with one attached hydrogen (secondary N) is 2. The van der Waals surface area contributed by atoms with Crippen LogP contribution < -0.4 is 5.32 Å². The monoisotopic (exact) mass is 412 g/mol. The number of halogens is 3. The first-order valence-corrected chi connectivity index (χ1v) is 10.6. The molecule has 0 aliphatic heterocycles. The van der Waals surface area contributed by atoms with Crippen LogP contribution in [0.1, 0.15) is 42.9 Å². The number of aryl methyl sites for hydroxylation is 2. The first-order chi connectivity index (χ1) is 14.3. The largest absolute Gasteiger partial charge is 0.416 e. The van der Waals surface area contributed by atoms with Gasteiger partial charge in [-0.15, -0.1) is 0 Å². The summed E-state index contributed by atoms with van der Waals surface area (Å²) in [6.07, 6.45) is 2.82. The third kappa shape index (κ3) is 4.40. The molecule has 0 atom stereocenters. The Balaban J connectivity index is 1.42. The zero-order valence-corrected chi connectivity index (χ0v) is 17.2.